The van der Waals surface area contributed by atoms with Gasteiger partial charge in [0.05, 0.1) is 23.5 Å². The molecule has 266 valence electrons. The van der Waals surface area contributed by atoms with Crippen LogP contribution in [0.4, 0.5) is 0 Å². The average molecular weight is 683 g/mol. The van der Waals surface area contributed by atoms with Crippen molar-refractivity contribution in [3.63, 3.8) is 0 Å². The maximum Gasteiger partial charge on any atom is 0.213 e. The van der Waals surface area contributed by atoms with E-state index in [0.29, 0.717) is 38.9 Å². The Bertz CT molecular complexity index is 920. The molecule has 0 amide bonds. The van der Waals surface area contributed by atoms with Crippen LogP contribution in [0.3, 0.4) is 0 Å². The van der Waals surface area contributed by atoms with Crippen molar-refractivity contribution < 1.29 is 18.7 Å². The van der Waals surface area contributed by atoms with Crippen LogP contribution >= 0.6 is 0 Å². The maximum absolute atomic E-state index is 11.9. The van der Waals surface area contributed by atoms with Crippen molar-refractivity contribution in [3.8, 4) is 0 Å². The van der Waals surface area contributed by atoms with E-state index in [1.807, 2.05) is 0 Å². The van der Waals surface area contributed by atoms with Gasteiger partial charge < -0.3 is 8.85 Å². The van der Waals surface area contributed by atoms with Gasteiger partial charge in [0.15, 0.2) is 16.6 Å². The molecule has 0 saturated heterocycles. The predicted octanol–water partition coefficient (Wildman–Crippen LogP) is 8.85. The SMILES string of the molecule is CCC1CC([N+](=O)[O-])CC(CC)C1N=C(CCCO[Si](C)(C)C)C(CCCO[Si](C)(C)C)=NC1C(CC)CC([N+](=O)[O-])CC1CC. The lowest BCUT2D eigenvalue weighted by Crippen LogP contribution is -2.43. The molecule has 0 bridgehead atoms. The largest absolute Gasteiger partial charge is 0.418 e. The van der Waals surface area contributed by atoms with E-state index >= 15 is 0 Å². The Kier molecular flexibility index (Phi) is 16.7. The first-order valence-electron chi connectivity index (χ1n) is 18.2. The highest BCUT2D eigenvalue weighted by Gasteiger charge is 2.43. The summed E-state index contributed by atoms with van der Waals surface area (Å²) in [7, 11) is -3.35. The molecule has 4 atom stereocenters. The molecule has 46 heavy (non-hydrogen) atoms. The summed E-state index contributed by atoms with van der Waals surface area (Å²) >= 11 is 0. The van der Waals surface area contributed by atoms with Gasteiger partial charge in [-0.05, 0) is 88.6 Å². The fourth-order valence-electron chi connectivity index (χ4n) is 7.48. The van der Waals surface area contributed by atoms with E-state index in [1.165, 1.54) is 0 Å². The molecule has 2 aliphatic rings. The van der Waals surface area contributed by atoms with E-state index in [1.54, 1.807) is 0 Å². The number of hydrogen-bond donors (Lipinski definition) is 0. The van der Waals surface area contributed by atoms with Crippen LogP contribution in [0.25, 0.3) is 0 Å². The highest BCUT2D eigenvalue weighted by molar-refractivity contribution is 6.70. The van der Waals surface area contributed by atoms with E-state index in [9.17, 15) is 20.2 Å². The van der Waals surface area contributed by atoms with Crippen LogP contribution < -0.4 is 0 Å². The van der Waals surface area contributed by atoms with Gasteiger partial charge in [0.1, 0.15) is 0 Å². The average Bonchev–Trinajstić information content (AvgIpc) is 2.98. The quantitative estimate of drug-likeness (QED) is 0.0440. The van der Waals surface area contributed by atoms with Crippen molar-refractivity contribution in [1.82, 2.24) is 0 Å². The molecule has 2 aliphatic carbocycles. The molecule has 0 aromatic rings. The minimum Gasteiger partial charge on any atom is -0.418 e. The second-order valence-corrected chi connectivity index (χ2v) is 24.8. The molecule has 2 fully saturated rings. The molecular formula is C34H66N4O6Si2. The summed E-state index contributed by atoms with van der Waals surface area (Å²) in [5, 5.41) is 23.8. The highest BCUT2D eigenvalue weighted by Crippen LogP contribution is 2.39. The van der Waals surface area contributed by atoms with Crippen LogP contribution in [0.5, 0.6) is 0 Å². The Balaban J connectivity index is 2.61. The van der Waals surface area contributed by atoms with Crippen molar-refractivity contribution in [2.24, 2.45) is 33.7 Å². The summed E-state index contributed by atoms with van der Waals surface area (Å²) in [6.07, 6.45) is 8.88. The predicted molar refractivity (Wildman–Crippen MR) is 195 cm³/mol. The van der Waals surface area contributed by atoms with Gasteiger partial charge in [-0.25, -0.2) is 0 Å². The van der Waals surface area contributed by atoms with Crippen LogP contribution in [-0.4, -0.2) is 75.3 Å². The summed E-state index contributed by atoms with van der Waals surface area (Å²) in [5.74, 6) is 0.615. The zero-order valence-electron chi connectivity index (χ0n) is 30.8. The fourth-order valence-corrected chi connectivity index (χ4v) is 8.99. The molecule has 0 N–H and O–H groups in total. The number of hydrogen-bond acceptors (Lipinski definition) is 8. The summed E-state index contributed by atoms with van der Waals surface area (Å²) in [5.41, 5.74) is 2.05. The van der Waals surface area contributed by atoms with E-state index in [4.69, 9.17) is 18.8 Å². The van der Waals surface area contributed by atoms with Gasteiger partial charge in [-0.1, -0.05) is 53.4 Å². The van der Waals surface area contributed by atoms with Crippen LogP contribution in [0, 0.1) is 43.9 Å². The first kappa shape index (κ1) is 40.7. The standard InChI is InChI=1S/C34H66N4O6Si2/c1-11-25-21-29(37(39)40)22-26(12-2)33(25)35-31(17-15-19-43-45(5,6)7)32(18-16-20-44-46(8,9)10)36-34-27(13-3)23-30(38(41)42)24-28(34)14-4/h25-30,33-34H,11-24H2,1-10H3. The monoisotopic (exact) mass is 682 g/mol. The van der Waals surface area contributed by atoms with Crippen LogP contribution in [0.15, 0.2) is 9.98 Å². The molecule has 0 spiro atoms. The molecule has 2 saturated carbocycles. The minimum atomic E-state index is -1.68. The van der Waals surface area contributed by atoms with E-state index in [-0.39, 0.29) is 45.6 Å². The number of aliphatic imine (C=N–C) groups is 2. The molecular weight excluding hydrogens is 617 g/mol. The lowest BCUT2D eigenvalue weighted by molar-refractivity contribution is -0.530. The second-order valence-electron chi connectivity index (χ2n) is 15.8. The smallest absolute Gasteiger partial charge is 0.213 e. The molecule has 12 heteroatoms. The fraction of sp³-hybridized carbons (Fsp3) is 0.941. The molecule has 2 rings (SSSR count). The third-order valence-electron chi connectivity index (χ3n) is 10.1. The van der Waals surface area contributed by atoms with Crippen LogP contribution in [-0.2, 0) is 8.85 Å². The van der Waals surface area contributed by atoms with Crippen molar-refractivity contribution in [3.05, 3.63) is 20.2 Å². The van der Waals surface area contributed by atoms with Crippen molar-refractivity contribution in [1.29, 1.82) is 0 Å². The minimum absolute atomic E-state index is 0.0247. The summed E-state index contributed by atoms with van der Waals surface area (Å²) in [4.78, 5) is 34.8. The van der Waals surface area contributed by atoms with E-state index < -0.39 is 28.7 Å². The summed E-state index contributed by atoms with van der Waals surface area (Å²) < 4.78 is 12.5. The van der Waals surface area contributed by atoms with Gasteiger partial charge in [-0.15, -0.1) is 0 Å². The Hall–Kier alpha value is -1.51. The van der Waals surface area contributed by atoms with Gasteiger partial charge in [0, 0.05) is 48.7 Å². The molecule has 10 nitrogen and oxygen atoms in total. The summed E-state index contributed by atoms with van der Waals surface area (Å²) in [6, 6.07) is -0.961. The lowest BCUT2D eigenvalue weighted by atomic mass is 9.72. The van der Waals surface area contributed by atoms with Crippen molar-refractivity contribution in [2.45, 2.75) is 168 Å². The Labute approximate surface area is 281 Å². The van der Waals surface area contributed by atoms with Crippen LogP contribution in [0.1, 0.15) is 105 Å². The molecule has 4 unspecified atom stereocenters. The van der Waals surface area contributed by atoms with Crippen molar-refractivity contribution in [2.75, 3.05) is 13.2 Å². The zero-order valence-corrected chi connectivity index (χ0v) is 32.8. The first-order chi connectivity index (χ1) is 21.5. The van der Waals surface area contributed by atoms with Gasteiger partial charge in [-0.2, -0.15) is 0 Å². The maximum atomic E-state index is 11.9. The number of nitro groups is 2. The number of nitrogens with zero attached hydrogens (tertiary/aromatic N) is 4. The topological polar surface area (TPSA) is 129 Å². The van der Waals surface area contributed by atoms with E-state index in [0.717, 1.165) is 62.8 Å². The van der Waals surface area contributed by atoms with Crippen LogP contribution in [0.2, 0.25) is 39.3 Å². The normalized spacial score (nSPS) is 30.0. The Morgan fingerprint density at radius 2 is 0.891 bits per heavy atom. The lowest BCUT2D eigenvalue weighted by Gasteiger charge is -2.38. The van der Waals surface area contributed by atoms with Gasteiger partial charge in [-0.3, -0.25) is 30.2 Å². The third kappa shape index (κ3) is 13.2. The molecule has 0 heterocycles. The first-order valence-corrected chi connectivity index (χ1v) is 25.0. The van der Waals surface area contributed by atoms with Gasteiger partial charge in [0.25, 0.3) is 0 Å². The number of rotatable bonds is 19. The summed E-state index contributed by atoms with van der Waals surface area (Å²) in [6.45, 7) is 23.1. The molecule has 0 aromatic heterocycles. The molecule has 0 aliphatic heterocycles. The Morgan fingerprint density at radius 3 is 1.11 bits per heavy atom. The molecule has 0 aromatic carbocycles. The zero-order chi connectivity index (χ0) is 34.7. The third-order valence-corrected chi connectivity index (χ3v) is 12.2. The molecule has 0 radical (unpaired) electrons. The second kappa shape index (κ2) is 18.9. The van der Waals surface area contributed by atoms with E-state index in [2.05, 4.69) is 67.0 Å². The highest BCUT2D eigenvalue weighted by atomic mass is 28.4. The van der Waals surface area contributed by atoms with Gasteiger partial charge >= 0.3 is 0 Å². The van der Waals surface area contributed by atoms with Gasteiger partial charge in [0.2, 0.25) is 12.1 Å². The Morgan fingerprint density at radius 1 is 0.609 bits per heavy atom. The van der Waals surface area contributed by atoms with Crippen molar-refractivity contribution >= 4 is 28.1 Å².